The molecule has 3 nitrogen and oxygen atoms in total. The maximum absolute atomic E-state index is 11.0. The minimum absolute atomic E-state index is 0.397. The number of rotatable bonds is 2. The van der Waals surface area contributed by atoms with Gasteiger partial charge >= 0.3 is 5.97 Å². The monoisotopic (exact) mass is 254 g/mol. The molecular formula is C10H7BrO3. The molecular weight excluding hydrogens is 248 g/mol. The minimum Gasteiger partial charge on any atom is -0.451 e. The summed E-state index contributed by atoms with van der Waals surface area (Å²) in [5.41, 5.74) is 0. The second kappa shape index (κ2) is 3.84. The Morgan fingerprint density at radius 3 is 2.57 bits per heavy atom. The molecule has 0 saturated carbocycles. The quantitative estimate of drug-likeness (QED) is 0.760. The van der Waals surface area contributed by atoms with E-state index in [9.17, 15) is 4.79 Å². The van der Waals surface area contributed by atoms with Gasteiger partial charge in [0.05, 0.1) is 0 Å². The van der Waals surface area contributed by atoms with Crippen LogP contribution in [0.1, 0.15) is 0 Å². The third-order valence-corrected chi connectivity index (χ3v) is 2.28. The van der Waals surface area contributed by atoms with E-state index >= 15 is 0 Å². The van der Waals surface area contributed by atoms with Crippen molar-refractivity contribution in [1.29, 1.82) is 0 Å². The number of esters is 1. The van der Waals surface area contributed by atoms with E-state index in [1.165, 1.54) is 0 Å². The molecule has 0 amide bonds. The van der Waals surface area contributed by atoms with Gasteiger partial charge in [-0.2, -0.15) is 0 Å². The minimum atomic E-state index is -0.626. The van der Waals surface area contributed by atoms with Crippen LogP contribution < -0.4 is 4.74 Å². The predicted molar refractivity (Wildman–Crippen MR) is 54.0 cm³/mol. The standard InChI is InChI=1S/C10H7BrO3/c11-8-6-9(14-10(8)12)13-7-4-2-1-3-5-7/h1-6,9H. The molecule has 0 fully saturated rings. The van der Waals surface area contributed by atoms with Crippen molar-refractivity contribution in [2.75, 3.05) is 0 Å². The number of hydrogen-bond donors (Lipinski definition) is 0. The van der Waals surface area contributed by atoms with Crippen LogP contribution >= 0.6 is 15.9 Å². The largest absolute Gasteiger partial charge is 0.451 e. The highest BCUT2D eigenvalue weighted by Gasteiger charge is 2.24. The van der Waals surface area contributed by atoms with E-state index in [1.54, 1.807) is 18.2 Å². The van der Waals surface area contributed by atoms with Crippen LogP contribution in [0.25, 0.3) is 0 Å². The molecule has 1 aromatic rings. The number of para-hydroxylation sites is 1. The first-order valence-electron chi connectivity index (χ1n) is 4.06. The molecule has 14 heavy (non-hydrogen) atoms. The number of cyclic esters (lactones) is 1. The Hall–Kier alpha value is -1.29. The Kier molecular flexibility index (Phi) is 2.54. The van der Waals surface area contributed by atoms with Crippen molar-refractivity contribution >= 4 is 21.9 Å². The first kappa shape index (κ1) is 9.27. The highest BCUT2D eigenvalue weighted by molar-refractivity contribution is 9.12. The van der Waals surface area contributed by atoms with Crippen LogP contribution in [-0.4, -0.2) is 12.3 Å². The number of hydrogen-bond acceptors (Lipinski definition) is 3. The molecule has 72 valence electrons. The molecule has 0 bridgehead atoms. The zero-order valence-electron chi connectivity index (χ0n) is 7.14. The second-order valence-corrected chi connectivity index (χ2v) is 3.57. The molecule has 0 N–H and O–H groups in total. The summed E-state index contributed by atoms with van der Waals surface area (Å²) in [6.07, 6.45) is 0.953. The van der Waals surface area contributed by atoms with Gasteiger partial charge < -0.3 is 9.47 Å². The number of halogens is 1. The molecule has 0 aromatic heterocycles. The van der Waals surface area contributed by atoms with Crippen molar-refractivity contribution in [3.8, 4) is 5.75 Å². The lowest BCUT2D eigenvalue weighted by Crippen LogP contribution is -2.15. The molecule has 1 heterocycles. The summed E-state index contributed by atoms with van der Waals surface area (Å²) in [6.45, 7) is 0. The van der Waals surface area contributed by atoms with Crippen LogP contribution in [0.5, 0.6) is 5.75 Å². The highest BCUT2D eigenvalue weighted by Crippen LogP contribution is 2.21. The van der Waals surface area contributed by atoms with Gasteiger partial charge in [-0.05, 0) is 28.1 Å². The van der Waals surface area contributed by atoms with E-state index < -0.39 is 12.3 Å². The van der Waals surface area contributed by atoms with Gasteiger partial charge in [0, 0.05) is 6.08 Å². The summed E-state index contributed by atoms with van der Waals surface area (Å²) in [7, 11) is 0. The van der Waals surface area contributed by atoms with Gasteiger partial charge in [0.25, 0.3) is 6.29 Å². The van der Waals surface area contributed by atoms with Crippen LogP contribution in [0.2, 0.25) is 0 Å². The number of carbonyl (C=O) groups is 1. The first-order chi connectivity index (χ1) is 6.75. The van der Waals surface area contributed by atoms with E-state index in [-0.39, 0.29) is 0 Å². The van der Waals surface area contributed by atoms with Crippen molar-refractivity contribution in [3.63, 3.8) is 0 Å². The van der Waals surface area contributed by atoms with Crippen molar-refractivity contribution < 1.29 is 14.3 Å². The SMILES string of the molecule is O=C1OC(Oc2ccccc2)C=C1Br. The lowest BCUT2D eigenvalue weighted by molar-refractivity contribution is -0.148. The van der Waals surface area contributed by atoms with Crippen molar-refractivity contribution in [3.05, 3.63) is 40.9 Å². The Labute approximate surface area is 89.5 Å². The Balaban J connectivity index is 2.04. The molecule has 0 radical (unpaired) electrons. The third-order valence-electron chi connectivity index (χ3n) is 1.70. The average molecular weight is 255 g/mol. The topological polar surface area (TPSA) is 35.5 Å². The summed E-state index contributed by atoms with van der Waals surface area (Å²) in [5, 5.41) is 0. The maximum atomic E-state index is 11.0. The van der Waals surface area contributed by atoms with Crippen LogP contribution in [0, 0.1) is 0 Å². The molecule has 4 heteroatoms. The summed E-state index contributed by atoms with van der Waals surface area (Å²) in [5.74, 6) is 0.273. The molecule has 1 unspecified atom stereocenters. The van der Waals surface area contributed by atoms with E-state index in [4.69, 9.17) is 9.47 Å². The number of carbonyl (C=O) groups excluding carboxylic acids is 1. The van der Waals surface area contributed by atoms with Crippen molar-refractivity contribution in [2.45, 2.75) is 6.29 Å². The normalized spacial score (nSPS) is 20.2. The van der Waals surface area contributed by atoms with Crippen molar-refractivity contribution in [1.82, 2.24) is 0 Å². The Morgan fingerprint density at radius 2 is 2.00 bits per heavy atom. The number of benzene rings is 1. The molecule has 0 spiro atoms. The molecule has 1 atom stereocenters. The molecule has 2 rings (SSSR count). The van der Waals surface area contributed by atoms with Gasteiger partial charge in [0.15, 0.2) is 0 Å². The maximum Gasteiger partial charge on any atom is 0.348 e. The molecule has 0 saturated heterocycles. The number of ether oxygens (including phenoxy) is 2. The molecule has 1 aromatic carbocycles. The van der Waals surface area contributed by atoms with Gasteiger partial charge in [-0.3, -0.25) is 0 Å². The summed E-state index contributed by atoms with van der Waals surface area (Å²) in [4.78, 5) is 11.0. The lowest BCUT2D eigenvalue weighted by Gasteiger charge is -2.10. The zero-order valence-corrected chi connectivity index (χ0v) is 8.73. The smallest absolute Gasteiger partial charge is 0.348 e. The van der Waals surface area contributed by atoms with Crippen LogP contribution in [0.3, 0.4) is 0 Å². The third kappa shape index (κ3) is 1.96. The zero-order chi connectivity index (χ0) is 9.97. The fourth-order valence-corrected chi connectivity index (χ4v) is 1.38. The molecule has 1 aliphatic rings. The predicted octanol–water partition coefficient (Wildman–Crippen LogP) is 2.23. The van der Waals surface area contributed by atoms with E-state index in [2.05, 4.69) is 15.9 Å². The Morgan fingerprint density at radius 1 is 1.29 bits per heavy atom. The fraction of sp³-hybridized carbons (Fsp3) is 0.100. The molecule has 1 aliphatic heterocycles. The van der Waals surface area contributed by atoms with E-state index in [1.807, 2.05) is 18.2 Å². The molecule has 0 aliphatic carbocycles. The van der Waals surface area contributed by atoms with Gasteiger partial charge in [-0.1, -0.05) is 18.2 Å². The Bertz CT molecular complexity index is 372. The first-order valence-corrected chi connectivity index (χ1v) is 4.85. The van der Waals surface area contributed by atoms with Crippen LogP contribution in [-0.2, 0) is 9.53 Å². The van der Waals surface area contributed by atoms with E-state index in [0.29, 0.717) is 10.2 Å². The van der Waals surface area contributed by atoms with Gasteiger partial charge in [0.2, 0.25) is 0 Å². The second-order valence-electron chi connectivity index (χ2n) is 2.72. The summed E-state index contributed by atoms with van der Waals surface area (Å²) < 4.78 is 10.6. The van der Waals surface area contributed by atoms with Crippen LogP contribution in [0.15, 0.2) is 40.9 Å². The highest BCUT2D eigenvalue weighted by atomic mass is 79.9. The van der Waals surface area contributed by atoms with Gasteiger partial charge in [0.1, 0.15) is 10.2 Å². The fourth-order valence-electron chi connectivity index (χ4n) is 1.07. The van der Waals surface area contributed by atoms with Crippen LogP contribution in [0.4, 0.5) is 0 Å². The van der Waals surface area contributed by atoms with Crippen molar-refractivity contribution in [2.24, 2.45) is 0 Å². The average Bonchev–Trinajstić information content (AvgIpc) is 2.47. The van der Waals surface area contributed by atoms with E-state index in [0.717, 1.165) is 0 Å². The van der Waals surface area contributed by atoms with Gasteiger partial charge in [-0.15, -0.1) is 0 Å². The lowest BCUT2D eigenvalue weighted by atomic mass is 10.3. The summed E-state index contributed by atoms with van der Waals surface area (Å²) in [6, 6.07) is 9.19. The van der Waals surface area contributed by atoms with Gasteiger partial charge in [-0.25, -0.2) is 4.79 Å². The summed E-state index contributed by atoms with van der Waals surface area (Å²) >= 11 is 3.06.